The fraction of sp³-hybridized carbons (Fsp3) is 0.333. The smallest absolute Gasteiger partial charge is 0.241 e. The lowest BCUT2D eigenvalue weighted by atomic mass is 9.87. The van der Waals surface area contributed by atoms with E-state index in [2.05, 4.69) is 49.2 Å². The van der Waals surface area contributed by atoms with Crippen LogP contribution in [-0.4, -0.2) is 48.7 Å². The number of anilines is 1. The number of benzene rings is 1. The fourth-order valence-corrected chi connectivity index (χ4v) is 3.56. The van der Waals surface area contributed by atoms with Crippen LogP contribution in [0.1, 0.15) is 12.8 Å². The minimum Gasteiger partial charge on any atom is -0.350 e. The molecular formula is C18H20N8. The molecule has 3 aromatic heterocycles. The van der Waals surface area contributed by atoms with Crippen molar-refractivity contribution < 1.29 is 0 Å². The van der Waals surface area contributed by atoms with Gasteiger partial charge in [0.05, 0.1) is 17.2 Å². The van der Waals surface area contributed by atoms with E-state index in [1.165, 1.54) is 0 Å². The molecule has 8 heteroatoms. The second-order valence-corrected chi connectivity index (χ2v) is 6.86. The maximum absolute atomic E-state index is 4.61. The summed E-state index contributed by atoms with van der Waals surface area (Å²) in [4.78, 5) is 4.51. The molecule has 1 fully saturated rings. The third kappa shape index (κ3) is 2.41. The first kappa shape index (κ1) is 15.3. The molecule has 5 rings (SSSR count). The fourth-order valence-electron chi connectivity index (χ4n) is 3.56. The highest BCUT2D eigenvalue weighted by molar-refractivity contribution is 5.87. The Morgan fingerprint density at radius 1 is 1.12 bits per heavy atom. The summed E-state index contributed by atoms with van der Waals surface area (Å²) in [6, 6.07) is 9.27. The van der Waals surface area contributed by atoms with Gasteiger partial charge in [0.2, 0.25) is 5.95 Å². The van der Waals surface area contributed by atoms with Crippen LogP contribution < -0.4 is 10.6 Å². The van der Waals surface area contributed by atoms with Crippen molar-refractivity contribution >= 4 is 22.5 Å². The molecule has 1 aromatic carbocycles. The zero-order valence-electron chi connectivity index (χ0n) is 14.7. The lowest BCUT2D eigenvalue weighted by molar-refractivity contribution is 0.325. The van der Waals surface area contributed by atoms with Gasteiger partial charge in [0.15, 0.2) is 0 Å². The maximum Gasteiger partial charge on any atom is 0.241 e. The predicted molar refractivity (Wildman–Crippen MR) is 100.0 cm³/mol. The molecule has 0 saturated heterocycles. The van der Waals surface area contributed by atoms with Crippen LogP contribution in [-0.2, 0) is 7.05 Å². The molecule has 26 heavy (non-hydrogen) atoms. The number of nitrogens with zero attached hydrogens (tertiary/aromatic N) is 6. The number of rotatable bonds is 4. The van der Waals surface area contributed by atoms with Gasteiger partial charge in [-0.3, -0.25) is 0 Å². The first-order chi connectivity index (χ1) is 12.7. The largest absolute Gasteiger partial charge is 0.350 e. The number of aryl methyl sites for hydroxylation is 1. The van der Waals surface area contributed by atoms with Crippen molar-refractivity contribution in [1.29, 1.82) is 0 Å². The Bertz CT molecular complexity index is 1090. The monoisotopic (exact) mass is 348 g/mol. The number of hydrogen-bond acceptors (Lipinski definition) is 6. The first-order valence-electron chi connectivity index (χ1n) is 8.79. The Morgan fingerprint density at radius 2 is 2.00 bits per heavy atom. The van der Waals surface area contributed by atoms with Gasteiger partial charge in [0.25, 0.3) is 0 Å². The summed E-state index contributed by atoms with van der Waals surface area (Å²) in [5.74, 6) is 0.672. The molecule has 1 aliphatic rings. The van der Waals surface area contributed by atoms with Gasteiger partial charge in [0.1, 0.15) is 5.52 Å². The van der Waals surface area contributed by atoms with E-state index in [-0.39, 0.29) is 0 Å². The standard InChI is InChI=1S/C18H20N8/c1-19-12-8-13(9-12)21-18-20-10-17-14(5-6-26(17)23-18)11-3-4-15-16(7-11)25(2)24-22-15/h3-7,10,12-13,19H,8-9H2,1-2H3,(H,21,23)/t12-,13+. The second kappa shape index (κ2) is 5.77. The third-order valence-electron chi connectivity index (χ3n) is 5.22. The van der Waals surface area contributed by atoms with Crippen LogP contribution in [0.4, 0.5) is 5.95 Å². The van der Waals surface area contributed by atoms with Gasteiger partial charge in [-0.1, -0.05) is 11.3 Å². The van der Waals surface area contributed by atoms with Gasteiger partial charge < -0.3 is 10.6 Å². The van der Waals surface area contributed by atoms with Crippen LogP contribution >= 0.6 is 0 Å². The number of aromatic nitrogens is 6. The second-order valence-electron chi connectivity index (χ2n) is 6.86. The van der Waals surface area contributed by atoms with E-state index < -0.39 is 0 Å². The Hall–Kier alpha value is -3.00. The minimum absolute atomic E-state index is 0.444. The van der Waals surface area contributed by atoms with E-state index in [1.54, 1.807) is 4.68 Å². The number of fused-ring (bicyclic) bond motifs is 2. The average molecular weight is 348 g/mol. The molecule has 0 radical (unpaired) electrons. The van der Waals surface area contributed by atoms with Gasteiger partial charge in [0, 0.05) is 30.9 Å². The number of hydrogen-bond donors (Lipinski definition) is 2. The van der Waals surface area contributed by atoms with Crippen LogP contribution in [0.3, 0.4) is 0 Å². The van der Waals surface area contributed by atoms with Crippen molar-refractivity contribution in [3.05, 3.63) is 36.7 Å². The molecule has 0 bridgehead atoms. The maximum atomic E-state index is 4.61. The van der Waals surface area contributed by atoms with Gasteiger partial charge in [-0.25, -0.2) is 14.2 Å². The van der Waals surface area contributed by atoms with E-state index in [4.69, 9.17) is 0 Å². The van der Waals surface area contributed by atoms with Crippen LogP contribution in [0.15, 0.2) is 36.7 Å². The quantitative estimate of drug-likeness (QED) is 0.585. The molecule has 132 valence electrons. The van der Waals surface area contributed by atoms with E-state index in [0.29, 0.717) is 18.0 Å². The first-order valence-corrected chi connectivity index (χ1v) is 8.79. The molecule has 1 aliphatic carbocycles. The Morgan fingerprint density at radius 3 is 2.85 bits per heavy atom. The molecule has 8 nitrogen and oxygen atoms in total. The normalized spacial score (nSPS) is 19.8. The summed E-state index contributed by atoms with van der Waals surface area (Å²) in [6.45, 7) is 0. The van der Waals surface area contributed by atoms with Crippen molar-refractivity contribution in [2.75, 3.05) is 12.4 Å². The van der Waals surface area contributed by atoms with Crippen LogP contribution in [0.5, 0.6) is 0 Å². The Labute approximate surface area is 150 Å². The van der Waals surface area contributed by atoms with Gasteiger partial charge >= 0.3 is 0 Å². The van der Waals surface area contributed by atoms with Crippen molar-refractivity contribution in [2.45, 2.75) is 24.9 Å². The molecule has 0 aliphatic heterocycles. The van der Waals surface area contributed by atoms with Crippen LogP contribution in [0.2, 0.25) is 0 Å². The molecular weight excluding hydrogens is 328 g/mol. The van der Waals surface area contributed by atoms with Crippen molar-refractivity contribution in [2.24, 2.45) is 7.05 Å². The lowest BCUT2D eigenvalue weighted by Crippen LogP contribution is -2.46. The summed E-state index contributed by atoms with van der Waals surface area (Å²) in [7, 11) is 3.90. The number of nitrogens with one attached hydrogen (secondary N) is 2. The minimum atomic E-state index is 0.444. The summed E-state index contributed by atoms with van der Waals surface area (Å²) in [5.41, 5.74) is 5.07. The Balaban J connectivity index is 1.46. The molecule has 2 N–H and O–H groups in total. The SMILES string of the molecule is CN[C@H]1C[C@@H](Nc2ncc3c(-c4ccc5nnn(C)c5c4)ccn3n2)C1. The van der Waals surface area contributed by atoms with Crippen LogP contribution in [0.25, 0.3) is 27.7 Å². The summed E-state index contributed by atoms with van der Waals surface area (Å²) >= 11 is 0. The van der Waals surface area contributed by atoms with E-state index in [1.807, 2.05) is 37.1 Å². The highest BCUT2D eigenvalue weighted by Gasteiger charge is 2.28. The van der Waals surface area contributed by atoms with Gasteiger partial charge in [-0.2, -0.15) is 0 Å². The molecule has 3 heterocycles. The predicted octanol–water partition coefficient (Wildman–Crippen LogP) is 1.84. The third-order valence-corrected chi connectivity index (χ3v) is 5.22. The van der Waals surface area contributed by atoms with Gasteiger partial charge in [-0.05, 0) is 43.7 Å². The summed E-state index contributed by atoms with van der Waals surface area (Å²) in [5, 5.41) is 19.5. The summed E-state index contributed by atoms with van der Waals surface area (Å²) < 4.78 is 3.66. The zero-order chi connectivity index (χ0) is 17.7. The zero-order valence-corrected chi connectivity index (χ0v) is 14.7. The molecule has 0 unspecified atom stereocenters. The van der Waals surface area contributed by atoms with Gasteiger partial charge in [-0.15, -0.1) is 10.2 Å². The van der Waals surface area contributed by atoms with Crippen molar-refractivity contribution in [3.63, 3.8) is 0 Å². The highest BCUT2D eigenvalue weighted by atomic mass is 15.4. The molecule has 0 spiro atoms. The highest BCUT2D eigenvalue weighted by Crippen LogP contribution is 2.28. The van der Waals surface area contributed by atoms with E-state index in [0.717, 1.165) is 40.5 Å². The molecule has 1 saturated carbocycles. The average Bonchev–Trinajstić information content (AvgIpc) is 3.21. The molecule has 4 aromatic rings. The van der Waals surface area contributed by atoms with Crippen molar-refractivity contribution in [1.82, 2.24) is 34.9 Å². The summed E-state index contributed by atoms with van der Waals surface area (Å²) in [6.07, 6.45) is 6.06. The topological polar surface area (TPSA) is 85.0 Å². The van der Waals surface area contributed by atoms with E-state index >= 15 is 0 Å². The lowest BCUT2D eigenvalue weighted by Gasteiger charge is -2.35. The van der Waals surface area contributed by atoms with Crippen molar-refractivity contribution in [3.8, 4) is 11.1 Å². The van der Waals surface area contributed by atoms with Crippen LogP contribution in [0, 0.1) is 0 Å². The molecule has 0 atom stereocenters. The molecule has 0 amide bonds. The van der Waals surface area contributed by atoms with E-state index in [9.17, 15) is 0 Å². The Kier molecular flexibility index (Phi) is 3.39.